The van der Waals surface area contributed by atoms with Gasteiger partial charge in [0.05, 0.1) is 10.2 Å². The van der Waals surface area contributed by atoms with Crippen LogP contribution >= 0.6 is 22.9 Å². The van der Waals surface area contributed by atoms with E-state index in [9.17, 15) is 4.79 Å². The lowest BCUT2D eigenvalue weighted by Gasteiger charge is -2.24. The van der Waals surface area contributed by atoms with Crippen molar-refractivity contribution in [3.8, 4) is 5.75 Å². The minimum atomic E-state index is -1.02. The maximum Gasteiger partial charge on any atom is 0.269 e. The number of para-hydroxylation sites is 1. The first-order valence-corrected chi connectivity index (χ1v) is 8.25. The van der Waals surface area contributed by atoms with Gasteiger partial charge in [0, 0.05) is 5.02 Å². The van der Waals surface area contributed by atoms with Gasteiger partial charge in [0.15, 0.2) is 10.7 Å². The highest BCUT2D eigenvalue weighted by Crippen LogP contribution is 2.29. The van der Waals surface area contributed by atoms with Crippen molar-refractivity contribution in [3.63, 3.8) is 0 Å². The number of carbonyl (C=O) groups is 1. The molecule has 4 nitrogen and oxygen atoms in total. The number of carbonyl (C=O) groups excluding carboxylic acids is 1. The van der Waals surface area contributed by atoms with Crippen molar-refractivity contribution in [1.29, 1.82) is 0 Å². The third-order valence-electron chi connectivity index (χ3n) is 3.23. The largest absolute Gasteiger partial charge is 0.478 e. The molecule has 1 amide bonds. The first kappa shape index (κ1) is 15.8. The summed E-state index contributed by atoms with van der Waals surface area (Å²) in [5.41, 5.74) is -0.215. The minimum Gasteiger partial charge on any atom is -0.478 e. The first-order chi connectivity index (χ1) is 10.9. The number of hydrogen-bond donors (Lipinski definition) is 1. The summed E-state index contributed by atoms with van der Waals surface area (Å²) < 4.78 is 6.70. The summed E-state index contributed by atoms with van der Waals surface area (Å²) in [6.45, 7) is 3.44. The standard InChI is InChI=1S/C17H15ClN2O2S/c1-17(2,22-12-6-4-3-5-7-12)15(21)20-16-19-13-9-8-11(18)10-14(13)23-16/h3-10H,1-2H3,(H,19,20,21). The zero-order valence-electron chi connectivity index (χ0n) is 12.7. The number of ether oxygens (including phenoxy) is 1. The van der Waals surface area contributed by atoms with Crippen LogP contribution in [0, 0.1) is 0 Å². The van der Waals surface area contributed by atoms with Crippen LogP contribution in [0.25, 0.3) is 10.2 Å². The van der Waals surface area contributed by atoms with Gasteiger partial charge in [-0.1, -0.05) is 41.1 Å². The number of nitrogens with one attached hydrogen (secondary N) is 1. The molecule has 0 aliphatic heterocycles. The summed E-state index contributed by atoms with van der Waals surface area (Å²) >= 11 is 7.35. The van der Waals surface area contributed by atoms with E-state index < -0.39 is 5.60 Å². The summed E-state index contributed by atoms with van der Waals surface area (Å²) in [6, 6.07) is 14.7. The monoisotopic (exact) mass is 346 g/mol. The second-order valence-corrected chi connectivity index (χ2v) is 6.98. The Morgan fingerprint density at radius 1 is 1.22 bits per heavy atom. The molecule has 0 bridgehead atoms. The first-order valence-electron chi connectivity index (χ1n) is 7.06. The number of halogens is 1. The van der Waals surface area contributed by atoms with E-state index in [0.717, 1.165) is 10.2 Å². The van der Waals surface area contributed by atoms with Gasteiger partial charge in [-0.05, 0) is 44.2 Å². The summed E-state index contributed by atoms with van der Waals surface area (Å²) in [5, 5.41) is 3.98. The molecule has 1 aromatic heterocycles. The van der Waals surface area contributed by atoms with Crippen LogP contribution in [0.15, 0.2) is 48.5 Å². The van der Waals surface area contributed by atoms with Crippen LogP contribution in [0.4, 0.5) is 5.13 Å². The van der Waals surface area contributed by atoms with Crippen molar-refractivity contribution in [2.75, 3.05) is 5.32 Å². The van der Waals surface area contributed by atoms with Crippen LogP contribution in [0.1, 0.15) is 13.8 Å². The van der Waals surface area contributed by atoms with E-state index in [1.807, 2.05) is 42.5 Å². The number of anilines is 1. The molecule has 0 aliphatic carbocycles. The van der Waals surface area contributed by atoms with Crippen LogP contribution < -0.4 is 10.1 Å². The maximum atomic E-state index is 12.5. The summed E-state index contributed by atoms with van der Waals surface area (Å²) in [4.78, 5) is 16.9. The van der Waals surface area contributed by atoms with E-state index in [0.29, 0.717) is 15.9 Å². The fourth-order valence-electron chi connectivity index (χ4n) is 2.03. The fourth-order valence-corrected chi connectivity index (χ4v) is 3.17. The second kappa shape index (κ2) is 6.18. The molecule has 0 fully saturated rings. The molecular formula is C17H15ClN2O2S. The van der Waals surface area contributed by atoms with Crippen molar-refractivity contribution in [3.05, 3.63) is 53.6 Å². The zero-order chi connectivity index (χ0) is 16.4. The molecule has 0 atom stereocenters. The van der Waals surface area contributed by atoms with Gasteiger partial charge >= 0.3 is 0 Å². The zero-order valence-corrected chi connectivity index (χ0v) is 14.2. The van der Waals surface area contributed by atoms with Gasteiger partial charge in [-0.15, -0.1) is 0 Å². The molecular weight excluding hydrogens is 332 g/mol. The molecule has 2 aromatic carbocycles. The SMILES string of the molecule is CC(C)(Oc1ccccc1)C(=O)Nc1nc2ccc(Cl)cc2s1. The summed E-state index contributed by atoms with van der Waals surface area (Å²) in [5.74, 6) is 0.384. The van der Waals surface area contributed by atoms with Gasteiger partial charge < -0.3 is 4.74 Å². The topological polar surface area (TPSA) is 51.2 Å². The molecule has 0 unspecified atom stereocenters. The van der Waals surface area contributed by atoms with E-state index in [1.54, 1.807) is 19.9 Å². The predicted molar refractivity (Wildman–Crippen MR) is 94.4 cm³/mol. The smallest absolute Gasteiger partial charge is 0.269 e. The van der Waals surface area contributed by atoms with E-state index in [2.05, 4.69) is 10.3 Å². The van der Waals surface area contributed by atoms with E-state index in [-0.39, 0.29) is 5.91 Å². The van der Waals surface area contributed by atoms with Gasteiger partial charge in [0.1, 0.15) is 5.75 Å². The lowest BCUT2D eigenvalue weighted by Crippen LogP contribution is -2.42. The molecule has 1 N–H and O–H groups in total. The maximum absolute atomic E-state index is 12.5. The van der Waals surface area contributed by atoms with Crippen molar-refractivity contribution in [1.82, 2.24) is 4.98 Å². The van der Waals surface area contributed by atoms with E-state index in [1.165, 1.54) is 11.3 Å². The molecule has 6 heteroatoms. The van der Waals surface area contributed by atoms with Gasteiger partial charge in [0.2, 0.25) is 0 Å². The van der Waals surface area contributed by atoms with Gasteiger partial charge in [-0.25, -0.2) is 4.98 Å². The molecule has 0 radical (unpaired) electrons. The summed E-state index contributed by atoms with van der Waals surface area (Å²) in [6.07, 6.45) is 0. The average Bonchev–Trinajstić information content (AvgIpc) is 2.89. The van der Waals surface area contributed by atoms with E-state index >= 15 is 0 Å². The highest BCUT2D eigenvalue weighted by Gasteiger charge is 2.30. The quantitative estimate of drug-likeness (QED) is 0.742. The van der Waals surface area contributed by atoms with Crippen LogP contribution in [0.3, 0.4) is 0 Å². The Hall–Kier alpha value is -2.11. The highest BCUT2D eigenvalue weighted by molar-refractivity contribution is 7.22. The molecule has 3 aromatic rings. The summed E-state index contributed by atoms with van der Waals surface area (Å²) in [7, 11) is 0. The number of benzene rings is 2. The Kier molecular flexibility index (Phi) is 4.24. The van der Waals surface area contributed by atoms with Crippen LogP contribution in [-0.4, -0.2) is 16.5 Å². The highest BCUT2D eigenvalue weighted by atomic mass is 35.5. The number of thiazole rings is 1. The molecule has 118 valence electrons. The number of fused-ring (bicyclic) bond motifs is 1. The van der Waals surface area contributed by atoms with Crippen molar-refractivity contribution < 1.29 is 9.53 Å². The fraction of sp³-hybridized carbons (Fsp3) is 0.176. The lowest BCUT2D eigenvalue weighted by atomic mass is 10.1. The minimum absolute atomic E-state index is 0.258. The Labute approximate surface area is 143 Å². The molecule has 1 heterocycles. The number of aromatic nitrogens is 1. The van der Waals surface area contributed by atoms with Gasteiger partial charge in [-0.2, -0.15) is 0 Å². The Morgan fingerprint density at radius 3 is 2.70 bits per heavy atom. The molecule has 0 spiro atoms. The average molecular weight is 347 g/mol. The number of nitrogens with zero attached hydrogens (tertiary/aromatic N) is 1. The van der Waals surface area contributed by atoms with Crippen molar-refractivity contribution in [2.24, 2.45) is 0 Å². The Bertz CT molecular complexity index is 846. The van der Waals surface area contributed by atoms with Crippen LogP contribution in [0.5, 0.6) is 5.75 Å². The second-order valence-electron chi connectivity index (χ2n) is 5.51. The van der Waals surface area contributed by atoms with Gasteiger partial charge in [0.25, 0.3) is 5.91 Å². The molecule has 3 rings (SSSR count). The van der Waals surface area contributed by atoms with Crippen LogP contribution in [-0.2, 0) is 4.79 Å². The van der Waals surface area contributed by atoms with Crippen molar-refractivity contribution >= 4 is 44.2 Å². The number of rotatable bonds is 4. The molecule has 0 saturated carbocycles. The van der Waals surface area contributed by atoms with E-state index in [4.69, 9.17) is 16.3 Å². The normalized spacial score (nSPS) is 11.4. The Balaban J connectivity index is 1.76. The third kappa shape index (κ3) is 3.63. The molecule has 23 heavy (non-hydrogen) atoms. The molecule has 0 saturated heterocycles. The molecule has 0 aliphatic rings. The number of hydrogen-bond acceptors (Lipinski definition) is 4. The van der Waals surface area contributed by atoms with Crippen molar-refractivity contribution in [2.45, 2.75) is 19.4 Å². The lowest BCUT2D eigenvalue weighted by molar-refractivity contribution is -0.128. The third-order valence-corrected chi connectivity index (χ3v) is 4.40. The van der Waals surface area contributed by atoms with Crippen LogP contribution in [0.2, 0.25) is 5.02 Å². The van der Waals surface area contributed by atoms with Gasteiger partial charge in [-0.3, -0.25) is 10.1 Å². The predicted octanol–water partition coefficient (Wildman–Crippen LogP) is 4.75. The Morgan fingerprint density at radius 2 is 1.96 bits per heavy atom. The number of amides is 1.